The Kier molecular flexibility index (Phi) is 3.96. The van der Waals surface area contributed by atoms with E-state index in [1.54, 1.807) is 19.2 Å². The average molecular weight is 273 g/mol. The van der Waals surface area contributed by atoms with E-state index in [0.29, 0.717) is 18.7 Å². The van der Waals surface area contributed by atoms with Gasteiger partial charge in [0.05, 0.1) is 24.2 Å². The highest BCUT2D eigenvalue weighted by molar-refractivity contribution is 5.81. The van der Waals surface area contributed by atoms with E-state index in [9.17, 15) is 4.79 Å². The van der Waals surface area contributed by atoms with Gasteiger partial charge in [0, 0.05) is 18.7 Å². The fraction of sp³-hybridized carbons (Fsp3) is 0.467. The first-order valence-electron chi connectivity index (χ1n) is 6.58. The second kappa shape index (κ2) is 5.51. The highest BCUT2D eigenvalue weighted by atomic mass is 16.5. The van der Waals surface area contributed by atoms with E-state index in [4.69, 9.17) is 15.7 Å². The lowest BCUT2D eigenvalue weighted by Gasteiger charge is -2.21. The molecule has 0 aliphatic carbocycles. The van der Waals surface area contributed by atoms with Gasteiger partial charge < -0.3 is 10.5 Å². The number of carbonyl (C=O) groups excluding carboxylic acids is 1. The largest absolute Gasteiger partial charge is 0.496 e. The van der Waals surface area contributed by atoms with Gasteiger partial charge in [0.1, 0.15) is 5.75 Å². The summed E-state index contributed by atoms with van der Waals surface area (Å²) < 4.78 is 5.33. The lowest BCUT2D eigenvalue weighted by Crippen LogP contribution is -2.36. The summed E-state index contributed by atoms with van der Waals surface area (Å²) in [6, 6.07) is 7.50. The third kappa shape index (κ3) is 2.75. The number of benzene rings is 1. The Bertz CT molecular complexity index is 565. The molecule has 0 radical (unpaired) electrons. The molecule has 0 bridgehead atoms. The van der Waals surface area contributed by atoms with Crippen LogP contribution in [0.4, 0.5) is 0 Å². The summed E-state index contributed by atoms with van der Waals surface area (Å²) in [5.41, 5.74) is 6.57. The van der Waals surface area contributed by atoms with Crippen LogP contribution in [-0.4, -0.2) is 31.0 Å². The van der Waals surface area contributed by atoms with Gasteiger partial charge in [0.25, 0.3) is 0 Å². The molecule has 0 spiro atoms. The molecular weight excluding hydrogens is 254 g/mol. The predicted molar refractivity (Wildman–Crippen MR) is 74.9 cm³/mol. The molecule has 1 saturated heterocycles. The Morgan fingerprint density at radius 1 is 1.60 bits per heavy atom. The van der Waals surface area contributed by atoms with Crippen LogP contribution < -0.4 is 10.5 Å². The number of methoxy groups -OCH3 is 1. The Morgan fingerprint density at radius 3 is 2.90 bits per heavy atom. The Morgan fingerprint density at radius 2 is 2.35 bits per heavy atom. The second-order valence-electron chi connectivity index (χ2n) is 5.52. The molecule has 5 heteroatoms. The molecule has 1 amide bonds. The number of hydrogen-bond donors (Lipinski definition) is 1. The second-order valence-corrected chi connectivity index (χ2v) is 5.52. The van der Waals surface area contributed by atoms with Gasteiger partial charge in [-0.3, -0.25) is 9.69 Å². The standard InChI is InChI=1S/C15H19N3O2/c1-15(14(17)19)5-6-18(10-15)9-12-7-11(8-16)3-4-13(12)20-2/h3-4,7H,5-6,9-10H2,1-2H3,(H2,17,19). The normalized spacial score (nSPS) is 22.4. The van der Waals surface area contributed by atoms with E-state index in [-0.39, 0.29) is 5.91 Å². The molecule has 1 fully saturated rings. The molecule has 5 nitrogen and oxygen atoms in total. The number of amides is 1. The molecule has 1 atom stereocenters. The maximum atomic E-state index is 11.5. The molecule has 1 heterocycles. The minimum Gasteiger partial charge on any atom is -0.496 e. The quantitative estimate of drug-likeness (QED) is 0.895. The van der Waals surface area contributed by atoms with Crippen LogP contribution in [-0.2, 0) is 11.3 Å². The summed E-state index contributed by atoms with van der Waals surface area (Å²) in [7, 11) is 1.61. The fourth-order valence-electron chi connectivity index (χ4n) is 2.61. The van der Waals surface area contributed by atoms with Gasteiger partial charge in [-0.1, -0.05) is 0 Å². The number of nitrogens with zero attached hydrogens (tertiary/aromatic N) is 2. The van der Waals surface area contributed by atoms with Crippen LogP contribution in [0, 0.1) is 16.7 Å². The molecule has 1 aliphatic rings. The topological polar surface area (TPSA) is 79.3 Å². The summed E-state index contributed by atoms with van der Waals surface area (Å²) >= 11 is 0. The van der Waals surface area contributed by atoms with Crippen molar-refractivity contribution in [2.45, 2.75) is 19.9 Å². The maximum absolute atomic E-state index is 11.5. The molecular formula is C15H19N3O2. The molecule has 106 valence electrons. The third-order valence-corrected chi connectivity index (χ3v) is 3.95. The summed E-state index contributed by atoms with van der Waals surface area (Å²) in [6.07, 6.45) is 0.766. The Labute approximate surface area is 118 Å². The predicted octanol–water partition coefficient (Wildman–Crippen LogP) is 1.26. The first-order valence-corrected chi connectivity index (χ1v) is 6.58. The number of nitrogens with two attached hydrogens (primary N) is 1. The van der Waals surface area contributed by atoms with Crippen molar-refractivity contribution in [3.05, 3.63) is 29.3 Å². The number of nitriles is 1. The maximum Gasteiger partial charge on any atom is 0.224 e. The molecule has 0 saturated carbocycles. The molecule has 1 aromatic carbocycles. The van der Waals surface area contributed by atoms with Crippen molar-refractivity contribution in [1.29, 1.82) is 5.26 Å². The van der Waals surface area contributed by atoms with Crippen molar-refractivity contribution in [2.24, 2.45) is 11.1 Å². The lowest BCUT2D eigenvalue weighted by molar-refractivity contribution is -0.126. The van der Waals surface area contributed by atoms with Crippen LogP contribution in [0.5, 0.6) is 5.75 Å². The summed E-state index contributed by atoms with van der Waals surface area (Å²) in [4.78, 5) is 13.6. The van der Waals surface area contributed by atoms with Gasteiger partial charge in [-0.15, -0.1) is 0 Å². The first kappa shape index (κ1) is 14.4. The smallest absolute Gasteiger partial charge is 0.224 e. The monoisotopic (exact) mass is 273 g/mol. The average Bonchev–Trinajstić information content (AvgIpc) is 2.81. The number of rotatable bonds is 4. The third-order valence-electron chi connectivity index (χ3n) is 3.95. The van der Waals surface area contributed by atoms with E-state index in [2.05, 4.69) is 11.0 Å². The molecule has 2 rings (SSSR count). The lowest BCUT2D eigenvalue weighted by atomic mass is 9.89. The number of ether oxygens (including phenoxy) is 1. The van der Waals surface area contributed by atoms with Crippen molar-refractivity contribution in [1.82, 2.24) is 4.90 Å². The van der Waals surface area contributed by atoms with Crippen LogP contribution in [0.2, 0.25) is 0 Å². The van der Waals surface area contributed by atoms with Gasteiger partial charge >= 0.3 is 0 Å². The van der Waals surface area contributed by atoms with Crippen molar-refractivity contribution < 1.29 is 9.53 Å². The molecule has 2 N–H and O–H groups in total. The Hall–Kier alpha value is -2.06. The van der Waals surface area contributed by atoms with Crippen LogP contribution in [0.15, 0.2) is 18.2 Å². The van der Waals surface area contributed by atoms with Crippen LogP contribution >= 0.6 is 0 Å². The van der Waals surface area contributed by atoms with Crippen molar-refractivity contribution >= 4 is 5.91 Å². The zero-order chi connectivity index (χ0) is 14.8. The minimum atomic E-state index is -0.458. The number of carbonyl (C=O) groups is 1. The van der Waals surface area contributed by atoms with Crippen molar-refractivity contribution in [2.75, 3.05) is 20.2 Å². The molecule has 1 aromatic rings. The van der Waals surface area contributed by atoms with Crippen molar-refractivity contribution in [3.8, 4) is 11.8 Å². The number of primary amides is 1. The highest BCUT2D eigenvalue weighted by Gasteiger charge is 2.38. The minimum absolute atomic E-state index is 0.252. The summed E-state index contributed by atoms with van der Waals surface area (Å²) in [5, 5.41) is 8.98. The van der Waals surface area contributed by atoms with E-state index < -0.39 is 5.41 Å². The van der Waals surface area contributed by atoms with Gasteiger partial charge in [0.2, 0.25) is 5.91 Å². The summed E-state index contributed by atoms with van der Waals surface area (Å²) in [6.45, 7) is 4.02. The molecule has 20 heavy (non-hydrogen) atoms. The SMILES string of the molecule is COc1ccc(C#N)cc1CN1CCC(C)(C(N)=O)C1. The van der Waals surface area contributed by atoms with Crippen LogP contribution in [0.25, 0.3) is 0 Å². The summed E-state index contributed by atoms with van der Waals surface area (Å²) in [5.74, 6) is 0.509. The first-order chi connectivity index (χ1) is 9.48. The molecule has 1 unspecified atom stereocenters. The number of hydrogen-bond acceptors (Lipinski definition) is 4. The zero-order valence-electron chi connectivity index (χ0n) is 11.8. The number of likely N-dealkylation sites (tertiary alicyclic amines) is 1. The Balaban J connectivity index is 2.15. The van der Waals surface area contributed by atoms with E-state index >= 15 is 0 Å². The van der Waals surface area contributed by atoms with Crippen LogP contribution in [0.1, 0.15) is 24.5 Å². The van der Waals surface area contributed by atoms with E-state index in [1.165, 1.54) is 0 Å². The molecule has 0 aromatic heterocycles. The highest BCUT2D eigenvalue weighted by Crippen LogP contribution is 2.31. The van der Waals surface area contributed by atoms with Gasteiger partial charge in [-0.2, -0.15) is 5.26 Å². The van der Waals surface area contributed by atoms with Gasteiger partial charge in [0.15, 0.2) is 0 Å². The van der Waals surface area contributed by atoms with Gasteiger partial charge in [-0.05, 0) is 38.1 Å². The van der Waals surface area contributed by atoms with E-state index in [1.807, 2.05) is 13.0 Å². The fourth-order valence-corrected chi connectivity index (χ4v) is 2.61. The van der Waals surface area contributed by atoms with Crippen molar-refractivity contribution in [3.63, 3.8) is 0 Å². The van der Waals surface area contributed by atoms with Gasteiger partial charge in [-0.25, -0.2) is 0 Å². The van der Waals surface area contributed by atoms with Crippen LogP contribution in [0.3, 0.4) is 0 Å². The zero-order valence-corrected chi connectivity index (χ0v) is 11.8. The van der Waals surface area contributed by atoms with E-state index in [0.717, 1.165) is 24.3 Å². The molecule has 1 aliphatic heterocycles.